The van der Waals surface area contributed by atoms with Crippen molar-refractivity contribution in [3.05, 3.63) is 5.82 Å². The Bertz CT molecular complexity index is 403. The van der Waals surface area contributed by atoms with Gasteiger partial charge in [0.05, 0.1) is 12.0 Å². The predicted octanol–water partition coefficient (Wildman–Crippen LogP) is 1.08. The summed E-state index contributed by atoms with van der Waals surface area (Å²) in [6.45, 7) is 5.66. The molecule has 0 radical (unpaired) electrons. The summed E-state index contributed by atoms with van der Waals surface area (Å²) in [4.78, 5) is 10.9. The number of aliphatic carboxylic acids is 1. The molecular weight excluding hydrogens is 208 g/mol. The summed E-state index contributed by atoms with van der Waals surface area (Å²) in [5.74, 6) is 0.526. The fraction of sp³-hybridized carbons (Fsp3) is 0.800. The molecule has 1 aliphatic carbocycles. The van der Waals surface area contributed by atoms with E-state index in [1.165, 1.54) is 0 Å². The monoisotopic (exact) mass is 224 g/mol. The highest BCUT2D eigenvalue weighted by Gasteiger charge is 2.40. The van der Waals surface area contributed by atoms with Crippen molar-refractivity contribution in [1.82, 2.24) is 20.2 Å². The van der Waals surface area contributed by atoms with Crippen LogP contribution in [0.15, 0.2) is 0 Å². The number of rotatable bonds is 4. The maximum atomic E-state index is 10.9. The fourth-order valence-corrected chi connectivity index (χ4v) is 1.83. The Labute approximate surface area is 93.6 Å². The molecule has 4 atom stereocenters. The van der Waals surface area contributed by atoms with Crippen molar-refractivity contribution in [2.45, 2.75) is 39.2 Å². The van der Waals surface area contributed by atoms with E-state index in [0.29, 0.717) is 11.8 Å². The minimum atomic E-state index is -0.821. The maximum Gasteiger partial charge on any atom is 0.308 e. The van der Waals surface area contributed by atoms with E-state index in [4.69, 9.17) is 5.11 Å². The Balaban J connectivity index is 2.20. The SMILES string of the molecule is CC1CC1c1nnnn1C(C)C(C)C(=O)O. The molecule has 88 valence electrons. The molecule has 1 aromatic heterocycles. The molecule has 6 nitrogen and oxygen atoms in total. The van der Waals surface area contributed by atoms with E-state index >= 15 is 0 Å². The van der Waals surface area contributed by atoms with Gasteiger partial charge in [-0.05, 0) is 36.6 Å². The third kappa shape index (κ3) is 1.79. The van der Waals surface area contributed by atoms with Crippen LogP contribution in [0.25, 0.3) is 0 Å². The Hall–Kier alpha value is -1.46. The number of hydrogen-bond acceptors (Lipinski definition) is 4. The first-order chi connectivity index (χ1) is 7.52. The van der Waals surface area contributed by atoms with Crippen LogP contribution in [0.3, 0.4) is 0 Å². The van der Waals surface area contributed by atoms with Crippen molar-refractivity contribution in [3.8, 4) is 0 Å². The second-order valence-corrected chi connectivity index (χ2v) is 4.67. The minimum absolute atomic E-state index is 0.213. The lowest BCUT2D eigenvalue weighted by molar-refractivity contribution is -0.142. The van der Waals surface area contributed by atoms with Crippen LogP contribution in [-0.4, -0.2) is 31.3 Å². The van der Waals surface area contributed by atoms with Crippen molar-refractivity contribution < 1.29 is 9.90 Å². The van der Waals surface area contributed by atoms with Crippen LogP contribution < -0.4 is 0 Å². The summed E-state index contributed by atoms with van der Waals surface area (Å²) in [7, 11) is 0. The molecule has 1 N–H and O–H groups in total. The largest absolute Gasteiger partial charge is 0.481 e. The summed E-state index contributed by atoms with van der Waals surface area (Å²) < 4.78 is 1.66. The van der Waals surface area contributed by atoms with Gasteiger partial charge in [-0.1, -0.05) is 6.92 Å². The Kier molecular flexibility index (Phi) is 2.65. The van der Waals surface area contributed by atoms with Gasteiger partial charge in [0.25, 0.3) is 0 Å². The first-order valence-electron chi connectivity index (χ1n) is 5.53. The first kappa shape index (κ1) is 11.0. The summed E-state index contributed by atoms with van der Waals surface area (Å²) in [5, 5.41) is 20.5. The summed E-state index contributed by atoms with van der Waals surface area (Å²) >= 11 is 0. The normalized spacial score (nSPS) is 27.4. The molecule has 0 spiro atoms. The Morgan fingerprint density at radius 2 is 2.19 bits per heavy atom. The van der Waals surface area contributed by atoms with Gasteiger partial charge in [0.15, 0.2) is 5.82 Å². The third-order valence-electron chi connectivity index (χ3n) is 3.46. The number of carboxylic acid groups (broad SMARTS) is 1. The van der Waals surface area contributed by atoms with Crippen LogP contribution in [0.2, 0.25) is 0 Å². The second-order valence-electron chi connectivity index (χ2n) is 4.67. The van der Waals surface area contributed by atoms with Gasteiger partial charge in [0.1, 0.15) is 0 Å². The molecule has 2 rings (SSSR count). The lowest BCUT2D eigenvalue weighted by atomic mass is 10.0. The van der Waals surface area contributed by atoms with Crippen molar-refractivity contribution in [2.24, 2.45) is 11.8 Å². The fourth-order valence-electron chi connectivity index (χ4n) is 1.83. The molecule has 1 fully saturated rings. The second kappa shape index (κ2) is 3.84. The zero-order chi connectivity index (χ0) is 11.9. The van der Waals surface area contributed by atoms with Crippen LogP contribution in [0.4, 0.5) is 0 Å². The van der Waals surface area contributed by atoms with Gasteiger partial charge in [-0.3, -0.25) is 4.79 Å². The van der Waals surface area contributed by atoms with Crippen LogP contribution in [-0.2, 0) is 4.79 Å². The smallest absolute Gasteiger partial charge is 0.308 e. The van der Waals surface area contributed by atoms with Crippen LogP contribution in [0.1, 0.15) is 45.0 Å². The quantitative estimate of drug-likeness (QED) is 0.827. The molecule has 0 saturated heterocycles. The van der Waals surface area contributed by atoms with E-state index < -0.39 is 11.9 Å². The predicted molar refractivity (Wildman–Crippen MR) is 55.8 cm³/mol. The molecule has 6 heteroatoms. The van der Waals surface area contributed by atoms with E-state index in [9.17, 15) is 4.79 Å². The lowest BCUT2D eigenvalue weighted by Crippen LogP contribution is -2.24. The maximum absolute atomic E-state index is 10.9. The van der Waals surface area contributed by atoms with Gasteiger partial charge in [0, 0.05) is 5.92 Å². The van der Waals surface area contributed by atoms with Crippen molar-refractivity contribution >= 4 is 5.97 Å². The Morgan fingerprint density at radius 1 is 1.56 bits per heavy atom. The molecule has 0 aromatic carbocycles. The van der Waals surface area contributed by atoms with Gasteiger partial charge < -0.3 is 5.11 Å². The van der Waals surface area contributed by atoms with Crippen molar-refractivity contribution in [2.75, 3.05) is 0 Å². The number of hydrogen-bond donors (Lipinski definition) is 1. The number of tetrazole rings is 1. The highest BCUT2D eigenvalue weighted by molar-refractivity contribution is 5.70. The number of carbonyl (C=O) groups is 1. The number of carboxylic acids is 1. The lowest BCUT2D eigenvalue weighted by Gasteiger charge is -2.17. The van der Waals surface area contributed by atoms with E-state index in [0.717, 1.165) is 12.2 Å². The molecule has 0 aliphatic heterocycles. The van der Waals surface area contributed by atoms with Crippen LogP contribution in [0, 0.1) is 11.8 Å². The van der Waals surface area contributed by atoms with Gasteiger partial charge in [0.2, 0.25) is 0 Å². The van der Waals surface area contributed by atoms with E-state index in [2.05, 4.69) is 22.4 Å². The first-order valence-corrected chi connectivity index (χ1v) is 5.53. The summed E-state index contributed by atoms with van der Waals surface area (Å²) in [5.41, 5.74) is 0. The van der Waals surface area contributed by atoms with Crippen molar-refractivity contribution in [1.29, 1.82) is 0 Å². The highest BCUT2D eigenvalue weighted by atomic mass is 16.4. The average molecular weight is 224 g/mol. The molecule has 0 amide bonds. The zero-order valence-corrected chi connectivity index (χ0v) is 9.66. The summed E-state index contributed by atoms with van der Waals surface area (Å²) in [6, 6.07) is -0.213. The number of nitrogens with zero attached hydrogens (tertiary/aromatic N) is 4. The van der Waals surface area contributed by atoms with Gasteiger partial charge in [-0.25, -0.2) is 4.68 Å². The number of aromatic nitrogens is 4. The topological polar surface area (TPSA) is 80.9 Å². The molecule has 1 aliphatic rings. The molecule has 1 saturated carbocycles. The van der Waals surface area contributed by atoms with Gasteiger partial charge >= 0.3 is 5.97 Å². The van der Waals surface area contributed by atoms with E-state index in [1.807, 2.05) is 6.92 Å². The molecule has 1 heterocycles. The summed E-state index contributed by atoms with van der Waals surface area (Å²) in [6.07, 6.45) is 1.09. The molecule has 16 heavy (non-hydrogen) atoms. The average Bonchev–Trinajstić information content (AvgIpc) is 2.80. The van der Waals surface area contributed by atoms with Crippen LogP contribution >= 0.6 is 0 Å². The van der Waals surface area contributed by atoms with Gasteiger partial charge in [-0.2, -0.15) is 0 Å². The van der Waals surface area contributed by atoms with E-state index in [1.54, 1.807) is 11.6 Å². The van der Waals surface area contributed by atoms with E-state index in [-0.39, 0.29) is 6.04 Å². The van der Waals surface area contributed by atoms with Gasteiger partial charge in [-0.15, -0.1) is 5.10 Å². The highest BCUT2D eigenvalue weighted by Crippen LogP contribution is 2.46. The zero-order valence-electron chi connectivity index (χ0n) is 9.66. The Morgan fingerprint density at radius 3 is 2.69 bits per heavy atom. The molecule has 1 aromatic rings. The third-order valence-corrected chi connectivity index (χ3v) is 3.46. The molecule has 4 unspecified atom stereocenters. The van der Waals surface area contributed by atoms with Crippen molar-refractivity contribution in [3.63, 3.8) is 0 Å². The molecular formula is C10H16N4O2. The minimum Gasteiger partial charge on any atom is -0.481 e. The standard InChI is InChI=1S/C10H16N4O2/c1-5-4-8(5)9-11-12-13-14(9)7(3)6(2)10(15)16/h5-8H,4H2,1-3H3,(H,15,16). The van der Waals surface area contributed by atoms with Crippen LogP contribution in [0.5, 0.6) is 0 Å². The molecule has 0 bridgehead atoms.